The number of ether oxygens (including phenoxy) is 2. The molecule has 1 aromatic rings. The first-order chi connectivity index (χ1) is 7.65. The summed E-state index contributed by atoms with van der Waals surface area (Å²) < 4.78 is 10.2. The highest BCUT2D eigenvalue weighted by molar-refractivity contribution is 5.88. The van der Waals surface area contributed by atoms with Gasteiger partial charge in [0.25, 0.3) is 0 Å². The first-order valence-corrected chi connectivity index (χ1v) is 4.98. The Bertz CT molecular complexity index is 365. The molecule has 0 bridgehead atoms. The standard InChI is InChI=1S/C11H15NO4/c1-8-4-5-9(10(12-8)11(13)14)16-7-3-6-15-2/h4-5H,3,6-7H2,1-2H3,(H,13,14). The lowest BCUT2D eigenvalue weighted by molar-refractivity contribution is 0.0684. The van der Waals surface area contributed by atoms with Crippen LogP contribution >= 0.6 is 0 Å². The van der Waals surface area contributed by atoms with Gasteiger partial charge in [-0.05, 0) is 19.1 Å². The van der Waals surface area contributed by atoms with Gasteiger partial charge >= 0.3 is 5.97 Å². The van der Waals surface area contributed by atoms with Gasteiger partial charge in [-0.15, -0.1) is 0 Å². The van der Waals surface area contributed by atoms with Crippen molar-refractivity contribution >= 4 is 5.97 Å². The molecule has 0 atom stereocenters. The van der Waals surface area contributed by atoms with Crippen molar-refractivity contribution < 1.29 is 19.4 Å². The molecule has 0 aliphatic heterocycles. The summed E-state index contributed by atoms with van der Waals surface area (Å²) in [5.41, 5.74) is 0.610. The molecule has 0 saturated carbocycles. The summed E-state index contributed by atoms with van der Waals surface area (Å²) in [5, 5.41) is 8.93. The van der Waals surface area contributed by atoms with E-state index in [0.29, 0.717) is 31.1 Å². The molecule has 5 nitrogen and oxygen atoms in total. The minimum atomic E-state index is -1.08. The molecule has 0 saturated heterocycles. The van der Waals surface area contributed by atoms with E-state index in [0.717, 1.165) is 0 Å². The summed E-state index contributed by atoms with van der Waals surface area (Å²) in [7, 11) is 1.61. The van der Waals surface area contributed by atoms with Crippen LogP contribution in [0.1, 0.15) is 22.6 Å². The summed E-state index contributed by atoms with van der Waals surface area (Å²) in [6.07, 6.45) is 0.712. The van der Waals surface area contributed by atoms with Crippen LogP contribution in [-0.2, 0) is 4.74 Å². The molecule has 0 aromatic carbocycles. The Balaban J connectivity index is 2.67. The molecule has 16 heavy (non-hydrogen) atoms. The van der Waals surface area contributed by atoms with Crippen LogP contribution < -0.4 is 4.74 Å². The second kappa shape index (κ2) is 6.07. The number of methoxy groups -OCH3 is 1. The molecular weight excluding hydrogens is 210 g/mol. The summed E-state index contributed by atoms with van der Waals surface area (Å²) in [6, 6.07) is 3.34. The zero-order valence-corrected chi connectivity index (χ0v) is 9.40. The predicted molar refractivity (Wildman–Crippen MR) is 57.9 cm³/mol. The fourth-order valence-corrected chi connectivity index (χ4v) is 1.20. The zero-order chi connectivity index (χ0) is 12.0. The van der Waals surface area contributed by atoms with E-state index in [1.54, 1.807) is 26.2 Å². The molecule has 1 rings (SSSR count). The van der Waals surface area contributed by atoms with Crippen LogP contribution in [0.4, 0.5) is 0 Å². The van der Waals surface area contributed by atoms with Crippen molar-refractivity contribution in [2.45, 2.75) is 13.3 Å². The lowest BCUT2D eigenvalue weighted by Crippen LogP contribution is -2.08. The number of hydrogen-bond acceptors (Lipinski definition) is 4. The van der Waals surface area contributed by atoms with E-state index in [1.807, 2.05) is 0 Å². The Kier molecular flexibility index (Phi) is 4.72. The van der Waals surface area contributed by atoms with Gasteiger partial charge in [0.2, 0.25) is 0 Å². The SMILES string of the molecule is COCCCOc1ccc(C)nc1C(=O)O. The van der Waals surface area contributed by atoms with Crippen molar-refractivity contribution in [2.75, 3.05) is 20.3 Å². The van der Waals surface area contributed by atoms with Gasteiger partial charge in [0.05, 0.1) is 6.61 Å². The van der Waals surface area contributed by atoms with Crippen LogP contribution in [0.3, 0.4) is 0 Å². The lowest BCUT2D eigenvalue weighted by atomic mass is 10.3. The first-order valence-electron chi connectivity index (χ1n) is 4.98. The van der Waals surface area contributed by atoms with Crippen LogP contribution in [-0.4, -0.2) is 36.4 Å². The molecule has 0 aliphatic rings. The van der Waals surface area contributed by atoms with Gasteiger partial charge in [0.15, 0.2) is 11.4 Å². The summed E-state index contributed by atoms with van der Waals surface area (Å²) in [5.74, 6) is -0.778. The Labute approximate surface area is 94.0 Å². The highest BCUT2D eigenvalue weighted by Gasteiger charge is 2.13. The number of carbonyl (C=O) groups is 1. The first kappa shape index (κ1) is 12.4. The monoisotopic (exact) mass is 225 g/mol. The molecule has 0 aliphatic carbocycles. The number of rotatable bonds is 6. The van der Waals surface area contributed by atoms with Gasteiger partial charge in [-0.1, -0.05) is 0 Å². The highest BCUT2D eigenvalue weighted by Crippen LogP contribution is 2.16. The van der Waals surface area contributed by atoms with Gasteiger partial charge in [-0.3, -0.25) is 0 Å². The Morgan fingerprint density at radius 3 is 2.81 bits per heavy atom. The van der Waals surface area contributed by atoms with E-state index >= 15 is 0 Å². The number of aromatic carboxylic acids is 1. The third-order valence-electron chi connectivity index (χ3n) is 1.95. The van der Waals surface area contributed by atoms with Crippen molar-refractivity contribution in [3.8, 4) is 5.75 Å². The fraction of sp³-hybridized carbons (Fsp3) is 0.455. The third-order valence-corrected chi connectivity index (χ3v) is 1.95. The maximum absolute atomic E-state index is 10.9. The Hall–Kier alpha value is -1.62. The number of carboxylic acids is 1. The Morgan fingerprint density at radius 1 is 1.44 bits per heavy atom. The Morgan fingerprint density at radius 2 is 2.19 bits per heavy atom. The van der Waals surface area contributed by atoms with E-state index in [-0.39, 0.29) is 5.69 Å². The van der Waals surface area contributed by atoms with Gasteiger partial charge < -0.3 is 14.6 Å². The fourth-order valence-electron chi connectivity index (χ4n) is 1.20. The lowest BCUT2D eigenvalue weighted by Gasteiger charge is -2.08. The molecule has 88 valence electrons. The summed E-state index contributed by atoms with van der Waals surface area (Å²) in [4.78, 5) is 14.8. The van der Waals surface area contributed by atoms with E-state index in [4.69, 9.17) is 14.6 Å². The van der Waals surface area contributed by atoms with Crippen molar-refractivity contribution in [2.24, 2.45) is 0 Å². The molecule has 0 fully saturated rings. The highest BCUT2D eigenvalue weighted by atomic mass is 16.5. The van der Waals surface area contributed by atoms with Crippen molar-refractivity contribution in [3.63, 3.8) is 0 Å². The largest absolute Gasteiger partial charge is 0.491 e. The van der Waals surface area contributed by atoms with Gasteiger partial charge in [0, 0.05) is 25.8 Å². The number of pyridine rings is 1. The minimum absolute atomic E-state index is 0.0441. The average molecular weight is 225 g/mol. The molecule has 0 unspecified atom stereocenters. The van der Waals surface area contributed by atoms with E-state index in [9.17, 15) is 4.79 Å². The number of hydrogen-bond donors (Lipinski definition) is 1. The molecule has 1 N–H and O–H groups in total. The number of aryl methyl sites for hydroxylation is 1. The normalized spacial score (nSPS) is 10.1. The average Bonchev–Trinajstić information content (AvgIpc) is 2.26. The molecule has 0 radical (unpaired) electrons. The van der Waals surface area contributed by atoms with Gasteiger partial charge in [-0.2, -0.15) is 0 Å². The van der Waals surface area contributed by atoms with Crippen molar-refractivity contribution in [1.82, 2.24) is 4.98 Å². The minimum Gasteiger partial charge on any atom is -0.491 e. The van der Waals surface area contributed by atoms with Crippen molar-refractivity contribution in [1.29, 1.82) is 0 Å². The molecule has 1 aromatic heterocycles. The quantitative estimate of drug-likeness (QED) is 0.743. The second-order valence-corrected chi connectivity index (χ2v) is 3.30. The van der Waals surface area contributed by atoms with E-state index in [2.05, 4.69) is 4.98 Å². The predicted octanol–water partition coefficient (Wildman–Crippen LogP) is 1.50. The topological polar surface area (TPSA) is 68.7 Å². The molecule has 1 heterocycles. The van der Waals surface area contributed by atoms with Crippen LogP contribution in [0.2, 0.25) is 0 Å². The summed E-state index contributed by atoms with van der Waals surface area (Å²) >= 11 is 0. The zero-order valence-electron chi connectivity index (χ0n) is 9.40. The van der Waals surface area contributed by atoms with Crippen LogP contribution in [0.25, 0.3) is 0 Å². The maximum atomic E-state index is 10.9. The number of nitrogens with zero attached hydrogens (tertiary/aromatic N) is 1. The van der Waals surface area contributed by atoms with Crippen LogP contribution in [0.5, 0.6) is 5.75 Å². The smallest absolute Gasteiger partial charge is 0.358 e. The van der Waals surface area contributed by atoms with Crippen LogP contribution in [0, 0.1) is 6.92 Å². The molecule has 5 heteroatoms. The molecular formula is C11H15NO4. The van der Waals surface area contributed by atoms with Crippen molar-refractivity contribution in [3.05, 3.63) is 23.5 Å². The molecule has 0 spiro atoms. The number of aromatic nitrogens is 1. The van der Waals surface area contributed by atoms with Gasteiger partial charge in [0.1, 0.15) is 0 Å². The van der Waals surface area contributed by atoms with E-state index < -0.39 is 5.97 Å². The van der Waals surface area contributed by atoms with E-state index in [1.165, 1.54) is 0 Å². The maximum Gasteiger partial charge on any atom is 0.358 e. The third kappa shape index (κ3) is 3.51. The summed E-state index contributed by atoms with van der Waals surface area (Å²) in [6.45, 7) is 2.74. The number of carboxylic acid groups (broad SMARTS) is 1. The second-order valence-electron chi connectivity index (χ2n) is 3.30. The molecule has 0 amide bonds. The van der Waals surface area contributed by atoms with Gasteiger partial charge in [-0.25, -0.2) is 9.78 Å². The van der Waals surface area contributed by atoms with Crippen LogP contribution in [0.15, 0.2) is 12.1 Å².